The SMILES string of the molecule is COc1cc(CNC[C@@H](C)O)cc(Br)c1OCc1c(Cl)cccc1Cl. The standard InChI is InChI=1S/C18H20BrCl2NO3/c1-11(23)8-22-9-12-6-14(19)18(17(7-12)24-2)25-10-13-15(20)4-3-5-16(13)21/h3-7,11,22-23H,8-10H2,1-2H3/t11-/m1/s1. The van der Waals surface area contributed by atoms with Gasteiger partial charge in [-0.05, 0) is 52.7 Å². The first-order valence-corrected chi connectivity index (χ1v) is 9.28. The molecule has 136 valence electrons. The minimum absolute atomic E-state index is 0.229. The molecule has 2 N–H and O–H groups in total. The van der Waals surface area contributed by atoms with Crippen LogP contribution in [-0.4, -0.2) is 24.9 Å². The molecule has 0 saturated heterocycles. The summed E-state index contributed by atoms with van der Waals surface area (Å²) in [7, 11) is 1.59. The summed E-state index contributed by atoms with van der Waals surface area (Å²) in [5.74, 6) is 1.18. The molecule has 2 rings (SSSR count). The molecule has 0 amide bonds. The van der Waals surface area contributed by atoms with Gasteiger partial charge in [-0.25, -0.2) is 0 Å². The molecular weight excluding hydrogens is 429 g/mol. The van der Waals surface area contributed by atoms with Crippen LogP contribution in [0.5, 0.6) is 11.5 Å². The molecule has 0 radical (unpaired) electrons. The van der Waals surface area contributed by atoms with Crippen molar-refractivity contribution in [1.82, 2.24) is 5.32 Å². The van der Waals surface area contributed by atoms with E-state index in [2.05, 4.69) is 21.2 Å². The quantitative estimate of drug-likeness (QED) is 0.608. The largest absolute Gasteiger partial charge is 0.493 e. The van der Waals surface area contributed by atoms with Gasteiger partial charge in [-0.1, -0.05) is 29.3 Å². The molecule has 4 nitrogen and oxygen atoms in total. The first-order chi connectivity index (χ1) is 11.9. The number of aliphatic hydroxyl groups is 1. The predicted molar refractivity (Wildman–Crippen MR) is 105 cm³/mol. The molecule has 0 aliphatic rings. The molecule has 0 fully saturated rings. The van der Waals surface area contributed by atoms with Gasteiger partial charge < -0.3 is 19.9 Å². The van der Waals surface area contributed by atoms with E-state index < -0.39 is 6.10 Å². The molecule has 1 atom stereocenters. The zero-order valence-electron chi connectivity index (χ0n) is 14.0. The van der Waals surface area contributed by atoms with Crippen molar-refractivity contribution in [2.45, 2.75) is 26.2 Å². The summed E-state index contributed by atoms with van der Waals surface area (Å²) < 4.78 is 12.1. The second-order valence-corrected chi connectivity index (χ2v) is 7.25. The van der Waals surface area contributed by atoms with Gasteiger partial charge in [0.15, 0.2) is 11.5 Å². The highest BCUT2D eigenvalue weighted by molar-refractivity contribution is 9.10. The van der Waals surface area contributed by atoms with Crippen LogP contribution >= 0.6 is 39.1 Å². The Morgan fingerprint density at radius 1 is 1.24 bits per heavy atom. The monoisotopic (exact) mass is 447 g/mol. The second-order valence-electron chi connectivity index (χ2n) is 5.58. The van der Waals surface area contributed by atoms with Crippen molar-refractivity contribution < 1.29 is 14.6 Å². The van der Waals surface area contributed by atoms with E-state index in [0.717, 1.165) is 15.6 Å². The maximum atomic E-state index is 9.31. The Balaban J connectivity index is 2.15. The van der Waals surface area contributed by atoms with Crippen molar-refractivity contribution in [3.63, 3.8) is 0 Å². The van der Waals surface area contributed by atoms with Gasteiger partial charge in [0.25, 0.3) is 0 Å². The molecule has 2 aromatic carbocycles. The van der Waals surface area contributed by atoms with Crippen molar-refractivity contribution in [3.05, 3.63) is 56.0 Å². The summed E-state index contributed by atoms with van der Waals surface area (Å²) in [6.07, 6.45) is -0.395. The van der Waals surface area contributed by atoms with Gasteiger partial charge in [-0.15, -0.1) is 0 Å². The summed E-state index contributed by atoms with van der Waals surface area (Å²) in [6.45, 7) is 3.09. The van der Waals surface area contributed by atoms with Gasteiger partial charge >= 0.3 is 0 Å². The zero-order chi connectivity index (χ0) is 18.4. The van der Waals surface area contributed by atoms with Crippen LogP contribution in [0.25, 0.3) is 0 Å². The number of hydrogen-bond donors (Lipinski definition) is 2. The number of rotatable bonds is 8. The van der Waals surface area contributed by atoms with Crippen LogP contribution in [0.2, 0.25) is 10.0 Å². The number of aliphatic hydroxyl groups excluding tert-OH is 1. The van der Waals surface area contributed by atoms with Gasteiger partial charge in [0.1, 0.15) is 6.61 Å². The van der Waals surface area contributed by atoms with Gasteiger partial charge in [-0.2, -0.15) is 0 Å². The van der Waals surface area contributed by atoms with E-state index in [-0.39, 0.29) is 6.61 Å². The van der Waals surface area contributed by atoms with Crippen molar-refractivity contribution in [2.75, 3.05) is 13.7 Å². The van der Waals surface area contributed by atoms with Crippen LogP contribution < -0.4 is 14.8 Å². The van der Waals surface area contributed by atoms with Gasteiger partial charge in [0, 0.05) is 28.7 Å². The van der Waals surface area contributed by atoms with Crippen molar-refractivity contribution in [1.29, 1.82) is 0 Å². The van der Waals surface area contributed by atoms with Crippen LogP contribution in [0, 0.1) is 0 Å². The highest BCUT2D eigenvalue weighted by Gasteiger charge is 2.14. The highest BCUT2D eigenvalue weighted by atomic mass is 79.9. The third-order valence-electron chi connectivity index (χ3n) is 3.48. The summed E-state index contributed by atoms with van der Waals surface area (Å²) in [5, 5.41) is 13.6. The molecule has 0 aromatic heterocycles. The summed E-state index contributed by atoms with van der Waals surface area (Å²) >= 11 is 15.9. The average molecular weight is 449 g/mol. The molecule has 2 aromatic rings. The molecule has 7 heteroatoms. The Labute approximate surface area is 166 Å². The molecule has 0 aliphatic heterocycles. The van der Waals surface area contributed by atoms with E-state index in [9.17, 15) is 5.11 Å². The van der Waals surface area contributed by atoms with E-state index in [0.29, 0.717) is 34.6 Å². The Kier molecular flexibility index (Phi) is 7.84. The fourth-order valence-electron chi connectivity index (χ4n) is 2.26. The molecular formula is C18H20BrCl2NO3. The molecule has 0 spiro atoms. The maximum absolute atomic E-state index is 9.31. The minimum atomic E-state index is -0.395. The lowest BCUT2D eigenvalue weighted by molar-refractivity contribution is 0.191. The van der Waals surface area contributed by atoms with Crippen molar-refractivity contribution in [3.8, 4) is 11.5 Å². The first-order valence-electron chi connectivity index (χ1n) is 7.73. The lowest BCUT2D eigenvalue weighted by Crippen LogP contribution is -2.23. The van der Waals surface area contributed by atoms with E-state index in [1.54, 1.807) is 32.2 Å². The van der Waals surface area contributed by atoms with Crippen LogP contribution in [0.4, 0.5) is 0 Å². The first kappa shape index (κ1) is 20.3. The summed E-state index contributed by atoms with van der Waals surface area (Å²) in [5.41, 5.74) is 1.73. The normalized spacial score (nSPS) is 12.1. The fraction of sp³-hybridized carbons (Fsp3) is 0.333. The second kappa shape index (κ2) is 9.64. The van der Waals surface area contributed by atoms with E-state index in [4.69, 9.17) is 32.7 Å². The smallest absolute Gasteiger partial charge is 0.175 e. The number of halogens is 3. The summed E-state index contributed by atoms with van der Waals surface area (Å²) in [4.78, 5) is 0. The third kappa shape index (κ3) is 5.76. The number of methoxy groups -OCH3 is 1. The topological polar surface area (TPSA) is 50.7 Å². The Morgan fingerprint density at radius 3 is 2.52 bits per heavy atom. The van der Waals surface area contributed by atoms with Crippen LogP contribution in [0.15, 0.2) is 34.8 Å². The molecule has 0 bridgehead atoms. The molecule has 0 saturated carbocycles. The summed E-state index contributed by atoms with van der Waals surface area (Å²) in [6, 6.07) is 9.18. The Hall–Kier alpha value is -0.980. The van der Waals surface area contributed by atoms with Crippen molar-refractivity contribution in [2.24, 2.45) is 0 Å². The number of nitrogens with one attached hydrogen (secondary N) is 1. The zero-order valence-corrected chi connectivity index (χ0v) is 17.1. The van der Waals surface area contributed by atoms with Crippen LogP contribution in [0.3, 0.4) is 0 Å². The number of ether oxygens (including phenoxy) is 2. The van der Waals surface area contributed by atoms with Gasteiger partial charge in [-0.3, -0.25) is 0 Å². The van der Waals surface area contributed by atoms with Crippen molar-refractivity contribution >= 4 is 39.1 Å². The number of hydrogen-bond acceptors (Lipinski definition) is 4. The van der Waals surface area contributed by atoms with Gasteiger partial charge in [0.05, 0.1) is 17.7 Å². The lowest BCUT2D eigenvalue weighted by Gasteiger charge is -2.16. The molecule has 25 heavy (non-hydrogen) atoms. The maximum Gasteiger partial charge on any atom is 0.175 e. The highest BCUT2D eigenvalue weighted by Crippen LogP contribution is 2.38. The number of benzene rings is 2. The van der Waals surface area contributed by atoms with Crippen LogP contribution in [-0.2, 0) is 13.2 Å². The fourth-order valence-corrected chi connectivity index (χ4v) is 3.37. The Bertz CT molecular complexity index is 705. The molecule has 0 unspecified atom stereocenters. The van der Waals surface area contributed by atoms with E-state index in [1.165, 1.54) is 0 Å². The lowest BCUT2D eigenvalue weighted by atomic mass is 10.2. The molecule has 0 heterocycles. The Morgan fingerprint density at radius 2 is 1.92 bits per heavy atom. The average Bonchev–Trinajstić information content (AvgIpc) is 2.55. The predicted octanol–water partition coefficient (Wildman–Crippen LogP) is 4.81. The van der Waals surface area contributed by atoms with Crippen LogP contribution in [0.1, 0.15) is 18.1 Å². The van der Waals surface area contributed by atoms with E-state index in [1.807, 2.05) is 12.1 Å². The van der Waals surface area contributed by atoms with Gasteiger partial charge in [0.2, 0.25) is 0 Å². The third-order valence-corrected chi connectivity index (χ3v) is 4.78. The minimum Gasteiger partial charge on any atom is -0.493 e. The molecule has 0 aliphatic carbocycles. The van der Waals surface area contributed by atoms with E-state index >= 15 is 0 Å².